The molecule has 0 saturated heterocycles. The van der Waals surface area contributed by atoms with Crippen LogP contribution in [0.2, 0.25) is 10.0 Å². The summed E-state index contributed by atoms with van der Waals surface area (Å²) < 4.78 is 27.8. The summed E-state index contributed by atoms with van der Waals surface area (Å²) in [7, 11) is -3.83. The van der Waals surface area contributed by atoms with Crippen molar-refractivity contribution in [2.45, 2.75) is 4.90 Å². The fraction of sp³-hybridized carbons (Fsp3) is 0. The van der Waals surface area contributed by atoms with E-state index in [0.717, 1.165) is 4.47 Å². The van der Waals surface area contributed by atoms with Gasteiger partial charge in [-0.3, -0.25) is 4.72 Å². The molecule has 2 rings (SSSR count). The van der Waals surface area contributed by atoms with Gasteiger partial charge >= 0.3 is 0 Å². The Morgan fingerprint density at radius 2 is 1.65 bits per heavy atom. The van der Waals surface area contributed by atoms with E-state index in [0.29, 0.717) is 5.69 Å². The Balaban J connectivity index is 2.41. The molecule has 0 fully saturated rings. The van der Waals surface area contributed by atoms with Crippen molar-refractivity contribution in [1.82, 2.24) is 0 Å². The Morgan fingerprint density at radius 3 is 2.25 bits per heavy atom. The number of halogens is 3. The van der Waals surface area contributed by atoms with E-state index < -0.39 is 10.0 Å². The molecule has 0 aliphatic carbocycles. The largest absolute Gasteiger partial charge is 0.396 e. The van der Waals surface area contributed by atoms with Crippen LogP contribution in [0.3, 0.4) is 0 Å². The van der Waals surface area contributed by atoms with Gasteiger partial charge in [0, 0.05) is 10.2 Å². The number of rotatable bonds is 3. The first-order chi connectivity index (χ1) is 9.31. The number of benzene rings is 2. The normalized spacial score (nSPS) is 11.3. The van der Waals surface area contributed by atoms with E-state index in [2.05, 4.69) is 20.7 Å². The molecule has 3 N–H and O–H groups in total. The molecule has 2 aromatic rings. The third kappa shape index (κ3) is 3.20. The van der Waals surface area contributed by atoms with Crippen LogP contribution in [0.4, 0.5) is 11.4 Å². The van der Waals surface area contributed by atoms with Crippen molar-refractivity contribution in [3.05, 3.63) is 50.9 Å². The zero-order valence-corrected chi connectivity index (χ0v) is 13.8. The summed E-state index contributed by atoms with van der Waals surface area (Å²) in [4.78, 5) is -0.121. The van der Waals surface area contributed by atoms with Crippen molar-refractivity contribution < 1.29 is 8.42 Å². The maximum absolute atomic E-state index is 12.3. The minimum atomic E-state index is -3.83. The second kappa shape index (κ2) is 5.81. The number of hydrogen-bond donors (Lipinski definition) is 2. The summed E-state index contributed by atoms with van der Waals surface area (Å²) in [5.41, 5.74) is 6.08. The van der Waals surface area contributed by atoms with Crippen molar-refractivity contribution in [3.8, 4) is 0 Å². The van der Waals surface area contributed by atoms with Crippen LogP contribution in [0.5, 0.6) is 0 Å². The number of sulfonamides is 1. The van der Waals surface area contributed by atoms with Crippen molar-refractivity contribution in [2.75, 3.05) is 10.5 Å². The van der Waals surface area contributed by atoms with Crippen LogP contribution in [0, 0.1) is 0 Å². The average Bonchev–Trinajstić information content (AvgIpc) is 2.38. The molecule has 20 heavy (non-hydrogen) atoms. The molecule has 4 nitrogen and oxygen atoms in total. The van der Waals surface area contributed by atoms with Crippen LogP contribution < -0.4 is 10.5 Å². The Kier molecular flexibility index (Phi) is 4.49. The molecule has 0 spiro atoms. The number of nitrogens with two attached hydrogens (primary N) is 1. The van der Waals surface area contributed by atoms with E-state index in [-0.39, 0.29) is 20.6 Å². The van der Waals surface area contributed by atoms with Gasteiger partial charge < -0.3 is 5.73 Å². The Bertz CT molecular complexity index is 749. The molecule has 0 radical (unpaired) electrons. The highest BCUT2D eigenvalue weighted by Crippen LogP contribution is 2.33. The summed E-state index contributed by atoms with van der Waals surface area (Å²) in [6.07, 6.45) is 0. The summed E-state index contributed by atoms with van der Waals surface area (Å²) in [6.45, 7) is 0. The molecule has 0 aliphatic rings. The van der Waals surface area contributed by atoms with Gasteiger partial charge in [-0.2, -0.15) is 0 Å². The van der Waals surface area contributed by atoms with Crippen molar-refractivity contribution >= 4 is 60.5 Å². The zero-order chi connectivity index (χ0) is 14.9. The summed E-state index contributed by atoms with van der Waals surface area (Å²) in [5.74, 6) is 0. The van der Waals surface area contributed by atoms with Crippen LogP contribution in [0.1, 0.15) is 0 Å². The highest BCUT2D eigenvalue weighted by atomic mass is 79.9. The Labute approximate surface area is 135 Å². The highest BCUT2D eigenvalue weighted by molar-refractivity contribution is 9.10. The highest BCUT2D eigenvalue weighted by Gasteiger charge is 2.20. The lowest BCUT2D eigenvalue weighted by Gasteiger charge is -2.11. The SMILES string of the molecule is Nc1c(Cl)ccc(S(=O)(=O)Nc2ccc(Br)cc2)c1Cl. The third-order valence-electron chi connectivity index (χ3n) is 2.48. The quantitative estimate of drug-likeness (QED) is 0.767. The summed E-state index contributed by atoms with van der Waals surface area (Å²) >= 11 is 15.0. The van der Waals surface area contributed by atoms with Gasteiger partial charge in [-0.25, -0.2) is 8.42 Å². The summed E-state index contributed by atoms with van der Waals surface area (Å²) in [6, 6.07) is 9.37. The summed E-state index contributed by atoms with van der Waals surface area (Å²) in [5, 5.41) is 0.111. The van der Waals surface area contributed by atoms with Gasteiger partial charge in [0.25, 0.3) is 10.0 Å². The minimum Gasteiger partial charge on any atom is -0.396 e. The molecule has 0 amide bonds. The second-order valence-electron chi connectivity index (χ2n) is 3.89. The van der Waals surface area contributed by atoms with Gasteiger partial charge in [0.1, 0.15) is 4.90 Å². The maximum Gasteiger partial charge on any atom is 0.263 e. The molecule has 0 unspecified atom stereocenters. The fourth-order valence-corrected chi connectivity index (χ4v) is 3.57. The number of nitrogens with one attached hydrogen (secondary N) is 1. The number of nitrogen functional groups attached to an aromatic ring is 1. The van der Waals surface area contributed by atoms with Crippen LogP contribution in [0.15, 0.2) is 45.8 Å². The zero-order valence-electron chi connectivity index (χ0n) is 9.90. The van der Waals surface area contributed by atoms with Crippen molar-refractivity contribution in [1.29, 1.82) is 0 Å². The van der Waals surface area contributed by atoms with Gasteiger partial charge in [0.15, 0.2) is 0 Å². The van der Waals surface area contributed by atoms with E-state index in [1.165, 1.54) is 12.1 Å². The first kappa shape index (κ1) is 15.4. The van der Waals surface area contributed by atoms with Crippen molar-refractivity contribution in [2.24, 2.45) is 0 Å². The lowest BCUT2D eigenvalue weighted by molar-refractivity contribution is 0.601. The first-order valence-corrected chi connectivity index (χ1v) is 8.36. The van der Waals surface area contributed by atoms with Crippen LogP contribution in [-0.2, 0) is 10.0 Å². The molecule has 0 heterocycles. The molecular formula is C12H9BrCl2N2O2S. The molecule has 2 aromatic carbocycles. The van der Waals surface area contributed by atoms with E-state index in [1.54, 1.807) is 24.3 Å². The monoisotopic (exact) mass is 394 g/mol. The minimum absolute atomic E-state index is 0.0343. The molecule has 8 heteroatoms. The Morgan fingerprint density at radius 1 is 1.05 bits per heavy atom. The molecule has 106 valence electrons. The predicted molar refractivity (Wildman–Crippen MR) is 85.8 cm³/mol. The Hall–Kier alpha value is -0.950. The van der Waals surface area contributed by atoms with Crippen molar-refractivity contribution in [3.63, 3.8) is 0 Å². The average molecular weight is 396 g/mol. The molecule has 0 aliphatic heterocycles. The molecule has 0 atom stereocenters. The smallest absolute Gasteiger partial charge is 0.263 e. The van der Waals surface area contributed by atoms with Gasteiger partial charge in [0.2, 0.25) is 0 Å². The number of anilines is 2. The predicted octanol–water partition coefficient (Wildman–Crippen LogP) is 4.14. The molecule has 0 aromatic heterocycles. The van der Waals surface area contributed by atoms with Crippen LogP contribution in [-0.4, -0.2) is 8.42 Å². The molecule has 0 bridgehead atoms. The standard InChI is InChI=1S/C12H9BrCl2N2O2S/c13-7-1-3-8(4-2-7)17-20(18,19)10-6-5-9(14)12(16)11(10)15/h1-6,17H,16H2. The van der Waals surface area contributed by atoms with E-state index in [1.807, 2.05) is 0 Å². The van der Waals surface area contributed by atoms with E-state index in [9.17, 15) is 8.42 Å². The lowest BCUT2D eigenvalue weighted by atomic mass is 10.3. The number of hydrogen-bond acceptors (Lipinski definition) is 3. The van der Waals surface area contributed by atoms with E-state index >= 15 is 0 Å². The van der Waals surface area contributed by atoms with Crippen LogP contribution >= 0.6 is 39.1 Å². The van der Waals surface area contributed by atoms with Gasteiger partial charge in [-0.1, -0.05) is 39.1 Å². The molecule has 0 saturated carbocycles. The fourth-order valence-electron chi connectivity index (χ4n) is 1.48. The van der Waals surface area contributed by atoms with Gasteiger partial charge in [-0.15, -0.1) is 0 Å². The lowest BCUT2D eigenvalue weighted by Crippen LogP contribution is -2.14. The van der Waals surface area contributed by atoms with Gasteiger partial charge in [-0.05, 0) is 36.4 Å². The second-order valence-corrected chi connectivity index (χ2v) is 7.24. The maximum atomic E-state index is 12.3. The van der Waals surface area contributed by atoms with Crippen LogP contribution in [0.25, 0.3) is 0 Å². The first-order valence-electron chi connectivity index (χ1n) is 5.33. The third-order valence-corrected chi connectivity index (χ3v) is 5.28. The van der Waals surface area contributed by atoms with E-state index in [4.69, 9.17) is 28.9 Å². The van der Waals surface area contributed by atoms with Gasteiger partial charge in [0.05, 0.1) is 15.7 Å². The topological polar surface area (TPSA) is 72.2 Å². The molecular weight excluding hydrogens is 387 g/mol.